The van der Waals surface area contributed by atoms with Crippen LogP contribution in [0.4, 0.5) is 5.69 Å². The first-order valence-electron chi connectivity index (χ1n) is 7.26. The molecule has 21 heavy (non-hydrogen) atoms. The Hall–Kier alpha value is -2.36. The van der Waals surface area contributed by atoms with Gasteiger partial charge in [-0.15, -0.1) is 0 Å². The molecular formula is C17H19N3O. The molecule has 0 saturated carbocycles. The van der Waals surface area contributed by atoms with Crippen LogP contribution < -0.4 is 10.6 Å². The average Bonchev–Trinajstić information content (AvgIpc) is 2.53. The third-order valence-corrected chi connectivity index (χ3v) is 3.95. The minimum Gasteiger partial charge on any atom is -0.385 e. The first kappa shape index (κ1) is 13.6. The largest absolute Gasteiger partial charge is 0.385 e. The number of anilines is 1. The first-order chi connectivity index (χ1) is 10.3. The zero-order valence-corrected chi connectivity index (χ0v) is 12.1. The molecule has 3 rings (SSSR count). The predicted octanol–water partition coefficient (Wildman–Crippen LogP) is 2.61. The maximum Gasteiger partial charge on any atom is 0.228 e. The topological polar surface area (TPSA) is 54.0 Å². The lowest BCUT2D eigenvalue weighted by Crippen LogP contribution is -2.33. The maximum atomic E-state index is 12.5. The van der Waals surface area contributed by atoms with Gasteiger partial charge < -0.3 is 10.6 Å². The number of carbonyl (C=O) groups is 1. The van der Waals surface area contributed by atoms with Crippen LogP contribution in [0.1, 0.15) is 29.2 Å². The smallest absolute Gasteiger partial charge is 0.228 e. The number of fused-ring (bicyclic) bond motifs is 1. The number of nitrogens with zero attached hydrogens (tertiary/aromatic N) is 1. The molecule has 1 aromatic heterocycles. The number of rotatable bonds is 3. The number of pyridine rings is 1. The lowest BCUT2D eigenvalue weighted by molar-refractivity contribution is -0.122. The second-order valence-electron chi connectivity index (χ2n) is 5.34. The fraction of sp³-hybridized carbons (Fsp3) is 0.294. The summed E-state index contributed by atoms with van der Waals surface area (Å²) in [6.45, 7) is 3.32. The number of aromatic nitrogens is 1. The van der Waals surface area contributed by atoms with Crippen molar-refractivity contribution < 1.29 is 4.79 Å². The molecule has 0 fully saturated rings. The second-order valence-corrected chi connectivity index (χ2v) is 5.34. The van der Waals surface area contributed by atoms with Gasteiger partial charge in [-0.2, -0.15) is 0 Å². The molecule has 2 aromatic rings. The zero-order chi connectivity index (χ0) is 14.7. The van der Waals surface area contributed by atoms with Crippen LogP contribution in [0.15, 0.2) is 42.6 Å². The van der Waals surface area contributed by atoms with E-state index in [2.05, 4.69) is 15.6 Å². The lowest BCUT2D eigenvalue weighted by Gasteiger charge is -2.25. The van der Waals surface area contributed by atoms with Crippen LogP contribution in [0.5, 0.6) is 0 Å². The molecule has 1 amide bonds. The Labute approximate surface area is 124 Å². The Morgan fingerprint density at radius 2 is 2.19 bits per heavy atom. The van der Waals surface area contributed by atoms with Gasteiger partial charge in [0.15, 0.2) is 0 Å². The summed E-state index contributed by atoms with van der Waals surface area (Å²) in [6.07, 6.45) is 2.58. The third kappa shape index (κ3) is 2.89. The van der Waals surface area contributed by atoms with Crippen LogP contribution in [0.2, 0.25) is 0 Å². The highest BCUT2D eigenvalue weighted by Crippen LogP contribution is 2.31. The number of hydrogen-bond acceptors (Lipinski definition) is 3. The zero-order valence-electron chi connectivity index (χ0n) is 12.1. The van der Waals surface area contributed by atoms with Gasteiger partial charge in [-0.05, 0) is 36.6 Å². The van der Waals surface area contributed by atoms with E-state index in [4.69, 9.17) is 0 Å². The molecule has 0 saturated heterocycles. The number of benzene rings is 1. The molecule has 0 spiro atoms. The van der Waals surface area contributed by atoms with E-state index >= 15 is 0 Å². The summed E-state index contributed by atoms with van der Waals surface area (Å²) in [4.78, 5) is 16.8. The molecule has 2 heterocycles. The third-order valence-electron chi connectivity index (χ3n) is 3.95. The summed E-state index contributed by atoms with van der Waals surface area (Å²) in [5, 5.41) is 6.36. The number of amides is 1. The Morgan fingerprint density at radius 1 is 1.33 bits per heavy atom. The van der Waals surface area contributed by atoms with Crippen molar-refractivity contribution in [3.8, 4) is 0 Å². The summed E-state index contributed by atoms with van der Waals surface area (Å²) in [6, 6.07) is 11.9. The quantitative estimate of drug-likeness (QED) is 0.909. The van der Waals surface area contributed by atoms with Crippen molar-refractivity contribution in [2.24, 2.45) is 0 Å². The minimum absolute atomic E-state index is 0.0773. The Morgan fingerprint density at radius 3 is 3.05 bits per heavy atom. The molecule has 1 atom stereocenters. The lowest BCUT2D eigenvalue weighted by atomic mass is 9.90. The van der Waals surface area contributed by atoms with E-state index < -0.39 is 0 Å². The Kier molecular flexibility index (Phi) is 3.86. The molecule has 0 radical (unpaired) electrons. The van der Waals surface area contributed by atoms with Gasteiger partial charge in [0.1, 0.15) is 0 Å². The van der Waals surface area contributed by atoms with Crippen molar-refractivity contribution in [3.05, 3.63) is 59.4 Å². The summed E-state index contributed by atoms with van der Waals surface area (Å²) in [5.74, 6) is 0.000437. The fourth-order valence-corrected chi connectivity index (χ4v) is 2.74. The molecule has 4 heteroatoms. The standard InChI is InChI=1S/C17H19N3O/c1-12-5-4-9-18-16(12)11-20-17(21)14-8-10-19-15-7-3-2-6-13(14)15/h2-7,9,14,19H,8,10-11H2,1H3,(H,20,21). The van der Waals surface area contributed by atoms with Crippen LogP contribution in [0.3, 0.4) is 0 Å². The molecule has 0 aliphatic carbocycles. The van der Waals surface area contributed by atoms with E-state index in [1.165, 1.54) is 0 Å². The van der Waals surface area contributed by atoms with Gasteiger partial charge in [0, 0.05) is 18.4 Å². The summed E-state index contributed by atoms with van der Waals surface area (Å²) >= 11 is 0. The van der Waals surface area contributed by atoms with E-state index in [0.717, 1.165) is 35.5 Å². The Bertz CT molecular complexity index is 654. The van der Waals surface area contributed by atoms with E-state index in [1.54, 1.807) is 6.20 Å². The highest BCUT2D eigenvalue weighted by atomic mass is 16.1. The summed E-state index contributed by atoms with van der Waals surface area (Å²) in [5.41, 5.74) is 4.17. The molecule has 1 aliphatic rings. The van der Waals surface area contributed by atoms with E-state index in [0.29, 0.717) is 6.54 Å². The molecule has 1 aliphatic heterocycles. The van der Waals surface area contributed by atoms with E-state index in [-0.39, 0.29) is 11.8 Å². The van der Waals surface area contributed by atoms with Crippen LogP contribution >= 0.6 is 0 Å². The van der Waals surface area contributed by atoms with Crippen LogP contribution in [-0.4, -0.2) is 17.4 Å². The van der Waals surface area contributed by atoms with Crippen LogP contribution in [0, 0.1) is 6.92 Å². The predicted molar refractivity (Wildman–Crippen MR) is 83.1 cm³/mol. The van der Waals surface area contributed by atoms with Gasteiger partial charge in [-0.25, -0.2) is 0 Å². The van der Waals surface area contributed by atoms with Gasteiger partial charge in [-0.3, -0.25) is 9.78 Å². The SMILES string of the molecule is Cc1cccnc1CNC(=O)C1CCNc2ccccc21. The molecule has 1 unspecified atom stereocenters. The van der Waals surface area contributed by atoms with E-state index in [9.17, 15) is 4.79 Å². The summed E-state index contributed by atoms with van der Waals surface area (Å²) in [7, 11) is 0. The van der Waals surface area contributed by atoms with Gasteiger partial charge >= 0.3 is 0 Å². The number of hydrogen-bond donors (Lipinski definition) is 2. The van der Waals surface area contributed by atoms with Gasteiger partial charge in [-0.1, -0.05) is 24.3 Å². The van der Waals surface area contributed by atoms with Crippen molar-refractivity contribution in [1.29, 1.82) is 0 Å². The molecule has 0 bridgehead atoms. The number of para-hydroxylation sites is 1. The van der Waals surface area contributed by atoms with Crippen LogP contribution in [0.25, 0.3) is 0 Å². The first-order valence-corrected chi connectivity index (χ1v) is 7.26. The molecule has 1 aromatic carbocycles. The minimum atomic E-state index is -0.0773. The van der Waals surface area contributed by atoms with Crippen molar-refractivity contribution in [1.82, 2.24) is 10.3 Å². The number of carbonyl (C=O) groups excluding carboxylic acids is 1. The molecule has 108 valence electrons. The van der Waals surface area contributed by atoms with Crippen molar-refractivity contribution in [2.75, 3.05) is 11.9 Å². The maximum absolute atomic E-state index is 12.5. The van der Waals surface area contributed by atoms with Crippen LogP contribution in [-0.2, 0) is 11.3 Å². The fourth-order valence-electron chi connectivity index (χ4n) is 2.74. The van der Waals surface area contributed by atoms with Crippen molar-refractivity contribution in [3.63, 3.8) is 0 Å². The summed E-state index contributed by atoms with van der Waals surface area (Å²) < 4.78 is 0. The van der Waals surface area contributed by atoms with Crippen molar-refractivity contribution in [2.45, 2.75) is 25.8 Å². The number of aryl methyl sites for hydroxylation is 1. The second kappa shape index (κ2) is 5.95. The monoisotopic (exact) mass is 281 g/mol. The number of nitrogens with one attached hydrogen (secondary N) is 2. The molecular weight excluding hydrogens is 262 g/mol. The molecule has 2 N–H and O–H groups in total. The average molecular weight is 281 g/mol. The highest BCUT2D eigenvalue weighted by molar-refractivity contribution is 5.86. The normalized spacial score (nSPS) is 16.7. The molecule has 4 nitrogen and oxygen atoms in total. The van der Waals surface area contributed by atoms with Gasteiger partial charge in [0.2, 0.25) is 5.91 Å². The van der Waals surface area contributed by atoms with Crippen molar-refractivity contribution >= 4 is 11.6 Å². The van der Waals surface area contributed by atoms with Gasteiger partial charge in [0.05, 0.1) is 18.2 Å². The highest BCUT2D eigenvalue weighted by Gasteiger charge is 2.25. The Balaban J connectivity index is 1.71. The van der Waals surface area contributed by atoms with Gasteiger partial charge in [0.25, 0.3) is 0 Å². The van der Waals surface area contributed by atoms with E-state index in [1.807, 2.05) is 43.3 Å².